The van der Waals surface area contributed by atoms with Crippen LogP contribution in [-0.2, 0) is 5.41 Å². The second-order valence-corrected chi connectivity index (χ2v) is 7.06. The van der Waals surface area contributed by atoms with E-state index >= 15 is 0 Å². The Morgan fingerprint density at radius 1 is 0.950 bits per heavy atom. The minimum Gasteiger partial charge on any atom is -0.309 e. The molecule has 2 heteroatoms. The van der Waals surface area contributed by atoms with Crippen LogP contribution in [-0.4, -0.2) is 7.05 Å². The summed E-state index contributed by atoms with van der Waals surface area (Å²) >= 11 is 3.54. The molecule has 0 bridgehead atoms. The lowest BCUT2D eigenvalue weighted by Gasteiger charge is -2.22. The number of rotatable bonds is 3. The summed E-state index contributed by atoms with van der Waals surface area (Å²) in [6.07, 6.45) is 0. The average Bonchev–Trinajstić information content (AvgIpc) is 2.39. The van der Waals surface area contributed by atoms with Gasteiger partial charge in [-0.1, -0.05) is 73.1 Å². The van der Waals surface area contributed by atoms with E-state index in [1.807, 2.05) is 7.05 Å². The van der Waals surface area contributed by atoms with E-state index in [9.17, 15) is 0 Å². The molecule has 0 amide bonds. The number of hydrogen-bond donors (Lipinski definition) is 1. The third-order valence-corrected chi connectivity index (χ3v) is 4.07. The normalized spacial score (nSPS) is 13.2. The molecule has 0 saturated heterocycles. The Kier molecular flexibility index (Phi) is 4.66. The molecule has 2 aromatic carbocycles. The van der Waals surface area contributed by atoms with Crippen LogP contribution in [0.4, 0.5) is 0 Å². The van der Waals surface area contributed by atoms with E-state index in [0.717, 1.165) is 4.47 Å². The van der Waals surface area contributed by atoms with Crippen molar-refractivity contribution in [2.45, 2.75) is 32.2 Å². The standard InChI is InChI=1S/C18H22BrN/c1-18(2,3)15-10-8-13(9-11-15)17(20-4)14-6-5-7-16(19)12-14/h5-12,17,20H,1-4H3. The van der Waals surface area contributed by atoms with Crippen molar-refractivity contribution in [2.75, 3.05) is 7.05 Å². The summed E-state index contributed by atoms with van der Waals surface area (Å²) < 4.78 is 1.11. The van der Waals surface area contributed by atoms with Crippen LogP contribution >= 0.6 is 15.9 Å². The summed E-state index contributed by atoms with van der Waals surface area (Å²) in [5, 5.41) is 3.40. The Morgan fingerprint density at radius 3 is 2.10 bits per heavy atom. The van der Waals surface area contributed by atoms with Crippen molar-refractivity contribution in [3.8, 4) is 0 Å². The summed E-state index contributed by atoms with van der Waals surface area (Å²) in [6, 6.07) is 17.6. The van der Waals surface area contributed by atoms with Gasteiger partial charge in [-0.15, -0.1) is 0 Å². The molecule has 20 heavy (non-hydrogen) atoms. The quantitative estimate of drug-likeness (QED) is 0.829. The highest BCUT2D eigenvalue weighted by Gasteiger charge is 2.16. The van der Waals surface area contributed by atoms with Gasteiger partial charge in [0.25, 0.3) is 0 Å². The van der Waals surface area contributed by atoms with Crippen molar-refractivity contribution in [2.24, 2.45) is 0 Å². The van der Waals surface area contributed by atoms with Gasteiger partial charge in [0.05, 0.1) is 6.04 Å². The molecule has 1 N–H and O–H groups in total. The second-order valence-electron chi connectivity index (χ2n) is 6.15. The summed E-state index contributed by atoms with van der Waals surface area (Å²) in [4.78, 5) is 0. The average molecular weight is 332 g/mol. The van der Waals surface area contributed by atoms with Gasteiger partial charge in [-0.2, -0.15) is 0 Å². The van der Waals surface area contributed by atoms with Gasteiger partial charge in [0.1, 0.15) is 0 Å². The van der Waals surface area contributed by atoms with Crippen molar-refractivity contribution in [3.05, 3.63) is 69.7 Å². The Morgan fingerprint density at radius 2 is 1.60 bits per heavy atom. The highest BCUT2D eigenvalue weighted by Crippen LogP contribution is 2.27. The van der Waals surface area contributed by atoms with E-state index in [2.05, 4.69) is 90.5 Å². The topological polar surface area (TPSA) is 12.0 Å². The Hall–Kier alpha value is -1.12. The Labute approximate surface area is 130 Å². The van der Waals surface area contributed by atoms with E-state index in [1.54, 1.807) is 0 Å². The zero-order chi connectivity index (χ0) is 14.8. The predicted molar refractivity (Wildman–Crippen MR) is 90.2 cm³/mol. The first-order valence-electron chi connectivity index (χ1n) is 6.95. The van der Waals surface area contributed by atoms with Gasteiger partial charge in [-0.05, 0) is 41.3 Å². The van der Waals surface area contributed by atoms with Gasteiger partial charge >= 0.3 is 0 Å². The number of nitrogens with one attached hydrogen (secondary N) is 1. The fraction of sp³-hybridized carbons (Fsp3) is 0.333. The molecule has 0 aromatic heterocycles. The maximum Gasteiger partial charge on any atom is 0.0574 e. The molecule has 2 aromatic rings. The smallest absolute Gasteiger partial charge is 0.0574 e. The molecule has 0 aliphatic heterocycles. The molecule has 1 atom stereocenters. The third kappa shape index (κ3) is 3.50. The van der Waals surface area contributed by atoms with Gasteiger partial charge in [0, 0.05) is 4.47 Å². The van der Waals surface area contributed by atoms with Gasteiger partial charge in [-0.3, -0.25) is 0 Å². The van der Waals surface area contributed by atoms with E-state index in [1.165, 1.54) is 16.7 Å². The van der Waals surface area contributed by atoms with Crippen LogP contribution < -0.4 is 5.32 Å². The molecule has 0 aliphatic rings. The zero-order valence-electron chi connectivity index (χ0n) is 12.6. The van der Waals surface area contributed by atoms with Gasteiger partial charge in [0.2, 0.25) is 0 Å². The summed E-state index contributed by atoms with van der Waals surface area (Å²) in [5.74, 6) is 0. The second kappa shape index (κ2) is 6.11. The van der Waals surface area contributed by atoms with Crippen LogP contribution in [0.1, 0.15) is 43.5 Å². The van der Waals surface area contributed by atoms with Crippen LogP contribution in [0.3, 0.4) is 0 Å². The third-order valence-electron chi connectivity index (χ3n) is 3.58. The first-order chi connectivity index (χ1) is 9.41. The summed E-state index contributed by atoms with van der Waals surface area (Å²) in [6.45, 7) is 6.73. The number of hydrogen-bond acceptors (Lipinski definition) is 1. The fourth-order valence-electron chi connectivity index (χ4n) is 2.39. The number of benzene rings is 2. The van der Waals surface area contributed by atoms with E-state index in [4.69, 9.17) is 0 Å². The lowest BCUT2D eigenvalue weighted by molar-refractivity contribution is 0.589. The van der Waals surface area contributed by atoms with Gasteiger partial charge in [0.15, 0.2) is 0 Å². The first-order valence-corrected chi connectivity index (χ1v) is 7.74. The van der Waals surface area contributed by atoms with Crippen molar-refractivity contribution in [1.82, 2.24) is 5.32 Å². The zero-order valence-corrected chi connectivity index (χ0v) is 14.2. The van der Waals surface area contributed by atoms with Crippen molar-refractivity contribution in [1.29, 1.82) is 0 Å². The monoisotopic (exact) mass is 331 g/mol. The van der Waals surface area contributed by atoms with Gasteiger partial charge < -0.3 is 5.32 Å². The van der Waals surface area contributed by atoms with Crippen LogP contribution in [0.25, 0.3) is 0 Å². The van der Waals surface area contributed by atoms with E-state index < -0.39 is 0 Å². The van der Waals surface area contributed by atoms with Gasteiger partial charge in [-0.25, -0.2) is 0 Å². The highest BCUT2D eigenvalue weighted by molar-refractivity contribution is 9.10. The van der Waals surface area contributed by atoms with Crippen molar-refractivity contribution in [3.63, 3.8) is 0 Å². The lowest BCUT2D eigenvalue weighted by Crippen LogP contribution is -2.18. The molecule has 0 fully saturated rings. The molecule has 2 rings (SSSR count). The minimum atomic E-state index is 0.198. The van der Waals surface area contributed by atoms with Crippen LogP contribution in [0.15, 0.2) is 53.0 Å². The number of halogens is 1. The molecule has 0 heterocycles. The Bertz CT molecular complexity index is 567. The maximum absolute atomic E-state index is 3.54. The predicted octanol–water partition coefficient (Wildman–Crippen LogP) is 5.06. The molecule has 1 nitrogen and oxygen atoms in total. The lowest BCUT2D eigenvalue weighted by atomic mass is 9.86. The fourth-order valence-corrected chi connectivity index (χ4v) is 2.80. The molecule has 106 valence electrons. The molecule has 0 spiro atoms. The molecular formula is C18H22BrN. The van der Waals surface area contributed by atoms with Crippen LogP contribution in [0.5, 0.6) is 0 Å². The molecule has 0 aliphatic carbocycles. The first kappa shape index (κ1) is 15.3. The van der Waals surface area contributed by atoms with E-state index in [-0.39, 0.29) is 11.5 Å². The molecular weight excluding hydrogens is 310 g/mol. The van der Waals surface area contributed by atoms with Crippen LogP contribution in [0, 0.1) is 0 Å². The molecule has 0 saturated carbocycles. The largest absolute Gasteiger partial charge is 0.309 e. The highest BCUT2D eigenvalue weighted by atomic mass is 79.9. The molecule has 0 radical (unpaired) electrons. The van der Waals surface area contributed by atoms with Crippen molar-refractivity contribution >= 4 is 15.9 Å². The maximum atomic E-state index is 3.54. The van der Waals surface area contributed by atoms with E-state index in [0.29, 0.717) is 0 Å². The Balaban J connectivity index is 2.33. The summed E-state index contributed by atoms with van der Waals surface area (Å²) in [5.41, 5.74) is 4.12. The molecule has 1 unspecified atom stereocenters. The minimum absolute atomic E-state index is 0.198. The summed E-state index contributed by atoms with van der Waals surface area (Å²) in [7, 11) is 2.00. The SMILES string of the molecule is CNC(c1ccc(C(C)(C)C)cc1)c1cccc(Br)c1. The van der Waals surface area contributed by atoms with Crippen LogP contribution in [0.2, 0.25) is 0 Å². The van der Waals surface area contributed by atoms with Crippen molar-refractivity contribution < 1.29 is 0 Å².